The first-order chi connectivity index (χ1) is 6.58. The summed E-state index contributed by atoms with van der Waals surface area (Å²) in [6.07, 6.45) is 1.47. The van der Waals surface area contributed by atoms with Gasteiger partial charge in [0.2, 0.25) is 0 Å². The Kier molecular flexibility index (Phi) is 7.68. The molecule has 1 heterocycles. The minimum absolute atomic E-state index is 0.835. The number of thioether (sulfide) groups is 1. The molecule has 14 heavy (non-hydrogen) atoms. The van der Waals surface area contributed by atoms with Crippen LogP contribution < -0.4 is 0 Å². The van der Waals surface area contributed by atoms with Crippen LogP contribution in [-0.4, -0.2) is 36.8 Å². The van der Waals surface area contributed by atoms with Crippen LogP contribution in [0.25, 0.3) is 0 Å². The Bertz CT molecular complexity index is 149. The second-order valence-electron chi connectivity index (χ2n) is 3.73. The molecule has 0 saturated carbocycles. The fourth-order valence-electron chi connectivity index (χ4n) is 0.812. The van der Waals surface area contributed by atoms with Gasteiger partial charge in [0.05, 0.1) is 0 Å². The third-order valence-corrected chi connectivity index (χ3v) is 30.6. The van der Waals surface area contributed by atoms with E-state index in [-0.39, 0.29) is 0 Å². The van der Waals surface area contributed by atoms with Crippen molar-refractivity contribution in [3.63, 3.8) is 0 Å². The van der Waals surface area contributed by atoms with E-state index in [0.29, 0.717) is 0 Å². The molecule has 0 aromatic rings. The van der Waals surface area contributed by atoms with Crippen LogP contribution in [0.2, 0.25) is 0 Å². The van der Waals surface area contributed by atoms with Crippen LogP contribution in [0.1, 0.15) is 34.1 Å². The molecule has 0 nitrogen and oxygen atoms in total. The summed E-state index contributed by atoms with van der Waals surface area (Å²) in [5.74, 6) is 1.41. The predicted octanol–water partition coefficient (Wildman–Crippen LogP) is 4.45. The molecule has 0 aromatic carbocycles. The molecular weight excluding hydrogens is 358 g/mol. The van der Waals surface area contributed by atoms with Gasteiger partial charge in [-0.15, -0.1) is 0 Å². The summed E-state index contributed by atoms with van der Waals surface area (Å²) in [6, 6.07) is 0. The molecule has 0 aliphatic carbocycles. The summed E-state index contributed by atoms with van der Waals surface area (Å²) in [5.41, 5.74) is 0. The number of hydrogen-bond acceptors (Lipinski definition) is 4. The van der Waals surface area contributed by atoms with Gasteiger partial charge in [0.25, 0.3) is 0 Å². The first-order valence-electron chi connectivity index (χ1n) is 5.00. The zero-order chi connectivity index (χ0) is 10.6. The van der Waals surface area contributed by atoms with Crippen molar-refractivity contribution in [3.05, 3.63) is 0 Å². The van der Waals surface area contributed by atoms with Crippen molar-refractivity contribution < 1.29 is 0 Å². The van der Waals surface area contributed by atoms with E-state index in [0.717, 1.165) is 15.1 Å². The average molecular weight is 377 g/mol. The van der Waals surface area contributed by atoms with Crippen molar-refractivity contribution in [2.45, 2.75) is 49.2 Å². The Morgan fingerprint density at radius 2 is 1.64 bits per heavy atom. The Morgan fingerprint density at radius 3 is 1.93 bits per heavy atom. The third-order valence-electron chi connectivity index (χ3n) is 1.45. The molecular formula is C9H19S4Sb. The molecule has 1 atom stereocenters. The molecule has 1 saturated heterocycles. The predicted molar refractivity (Wildman–Crippen MR) is 79.7 cm³/mol. The zero-order valence-electron chi connectivity index (χ0n) is 9.23. The molecule has 1 rings (SSSR count). The van der Waals surface area contributed by atoms with Crippen molar-refractivity contribution in [2.75, 3.05) is 5.75 Å². The second kappa shape index (κ2) is 7.53. The summed E-state index contributed by atoms with van der Waals surface area (Å²) < 4.78 is 0.968. The SMILES string of the molecule is CC(C)[S][Sb]([S]C(C)C)[S]C1CCS1. The molecule has 5 heteroatoms. The van der Waals surface area contributed by atoms with E-state index in [1.165, 1.54) is 12.2 Å². The van der Waals surface area contributed by atoms with E-state index in [1.54, 1.807) is 0 Å². The van der Waals surface area contributed by atoms with Crippen molar-refractivity contribution in [1.29, 1.82) is 0 Å². The summed E-state index contributed by atoms with van der Waals surface area (Å²) in [6.45, 7) is 9.38. The standard InChI is InChI=1S/C3H6S2.2C3H8S.Sb/c4-3-1-2-5-3;2*1-3(2)4;/h3-4H,1-2H2;2*3-4H,1-2H3;/q;;;+3/p-3. The van der Waals surface area contributed by atoms with Gasteiger partial charge in [0.15, 0.2) is 0 Å². The summed E-state index contributed by atoms with van der Waals surface area (Å²) >= 11 is 1.08. The van der Waals surface area contributed by atoms with Gasteiger partial charge in [0.1, 0.15) is 0 Å². The van der Waals surface area contributed by atoms with Gasteiger partial charge in [-0.05, 0) is 0 Å². The van der Waals surface area contributed by atoms with Crippen molar-refractivity contribution >= 4 is 54.3 Å². The van der Waals surface area contributed by atoms with E-state index in [9.17, 15) is 0 Å². The molecule has 0 radical (unpaired) electrons. The fourth-order valence-corrected chi connectivity index (χ4v) is 39.4. The van der Waals surface area contributed by atoms with Gasteiger partial charge in [-0.2, -0.15) is 0 Å². The van der Waals surface area contributed by atoms with E-state index < -0.39 is 16.0 Å². The van der Waals surface area contributed by atoms with Crippen LogP contribution in [0, 0.1) is 0 Å². The maximum absolute atomic E-state index is 2.36. The van der Waals surface area contributed by atoms with Crippen molar-refractivity contribution in [2.24, 2.45) is 0 Å². The molecule has 84 valence electrons. The minimum atomic E-state index is -1.09. The fraction of sp³-hybridized carbons (Fsp3) is 1.00. The van der Waals surface area contributed by atoms with E-state index in [2.05, 4.69) is 66.0 Å². The monoisotopic (exact) mass is 376 g/mol. The van der Waals surface area contributed by atoms with Gasteiger partial charge in [-0.3, -0.25) is 0 Å². The zero-order valence-corrected chi connectivity index (χ0v) is 15.0. The quantitative estimate of drug-likeness (QED) is 0.627. The Hall–Kier alpha value is 2.22. The molecule has 0 aromatic heterocycles. The van der Waals surface area contributed by atoms with Gasteiger partial charge in [-0.1, -0.05) is 0 Å². The van der Waals surface area contributed by atoms with Gasteiger partial charge < -0.3 is 0 Å². The molecule has 1 fully saturated rings. The molecule has 0 N–H and O–H groups in total. The summed E-state index contributed by atoms with van der Waals surface area (Å²) in [7, 11) is 6.96. The van der Waals surface area contributed by atoms with E-state index in [1.807, 2.05) is 0 Å². The molecule has 0 amide bonds. The van der Waals surface area contributed by atoms with Crippen molar-refractivity contribution in [1.82, 2.24) is 0 Å². The Morgan fingerprint density at radius 1 is 1.14 bits per heavy atom. The third kappa shape index (κ3) is 6.08. The molecule has 1 unspecified atom stereocenters. The van der Waals surface area contributed by atoms with Gasteiger partial charge in [0, 0.05) is 0 Å². The second-order valence-corrected chi connectivity index (χ2v) is 27.1. The van der Waals surface area contributed by atoms with Crippen LogP contribution in [0.3, 0.4) is 0 Å². The molecule has 1 aliphatic rings. The first kappa shape index (κ1) is 14.3. The molecule has 1 aliphatic heterocycles. The van der Waals surface area contributed by atoms with Crippen LogP contribution in [0.4, 0.5) is 0 Å². The first-order valence-corrected chi connectivity index (χ1v) is 17.9. The number of rotatable bonds is 6. The van der Waals surface area contributed by atoms with Crippen molar-refractivity contribution in [3.8, 4) is 0 Å². The summed E-state index contributed by atoms with van der Waals surface area (Å²) in [4.78, 5) is 0. The normalized spacial score (nSPS) is 22.1. The summed E-state index contributed by atoms with van der Waals surface area (Å²) in [5, 5.41) is 1.67. The molecule has 0 spiro atoms. The topological polar surface area (TPSA) is 0 Å². The average Bonchev–Trinajstić information content (AvgIpc) is 1.94. The van der Waals surface area contributed by atoms with E-state index in [4.69, 9.17) is 0 Å². The number of hydrogen-bond donors (Lipinski definition) is 0. The Labute approximate surface area is 108 Å². The molecule has 0 bridgehead atoms. The Balaban J connectivity index is 2.26. The maximum atomic E-state index is 2.36. The van der Waals surface area contributed by atoms with Crippen LogP contribution in [-0.2, 0) is 0 Å². The van der Waals surface area contributed by atoms with Gasteiger partial charge >= 0.3 is 109 Å². The van der Waals surface area contributed by atoms with Crippen LogP contribution in [0.5, 0.6) is 0 Å². The van der Waals surface area contributed by atoms with Crippen LogP contribution >= 0.6 is 38.3 Å². The van der Waals surface area contributed by atoms with Crippen LogP contribution in [0.15, 0.2) is 0 Å². The van der Waals surface area contributed by atoms with E-state index >= 15 is 0 Å². The van der Waals surface area contributed by atoms with Gasteiger partial charge in [-0.25, -0.2) is 0 Å².